The van der Waals surface area contributed by atoms with Gasteiger partial charge < -0.3 is 18.3 Å². The van der Waals surface area contributed by atoms with E-state index in [9.17, 15) is 9.59 Å². The Labute approximate surface area is 413 Å². The van der Waals surface area contributed by atoms with Crippen LogP contribution in [-0.2, 0) is 41.7 Å². The van der Waals surface area contributed by atoms with Crippen LogP contribution in [0.25, 0.3) is 33.8 Å². The zero-order valence-corrected chi connectivity index (χ0v) is 41.1. The summed E-state index contributed by atoms with van der Waals surface area (Å²) in [5.74, 6) is 3.70. The summed E-state index contributed by atoms with van der Waals surface area (Å²) >= 11 is 0. The Bertz CT molecular complexity index is 3460. The van der Waals surface area contributed by atoms with E-state index in [1.54, 1.807) is 0 Å². The minimum Gasteiger partial charge on any atom is -0.466 e. The molecule has 6 aromatic heterocycles. The first-order valence-corrected chi connectivity index (χ1v) is 23.9. The number of carbonyl (C=O) groups excluding carboxylic acids is 2. The topological polar surface area (TPSA) is 139 Å². The third kappa shape index (κ3) is 10.9. The zero-order valence-electron chi connectivity index (χ0n) is 41.1. The molecule has 0 saturated heterocycles. The fraction of sp³-hybridized carbons (Fsp3) is 0.220. The normalized spacial score (nSPS) is 11.3. The fourth-order valence-corrected chi connectivity index (χ4v) is 8.88. The molecule has 0 spiro atoms. The van der Waals surface area contributed by atoms with Gasteiger partial charge in [-0.05, 0) is 54.7 Å². The third-order valence-corrected chi connectivity index (χ3v) is 12.1. The number of furan rings is 2. The maximum Gasteiger partial charge on any atom is 0.309 e. The van der Waals surface area contributed by atoms with Gasteiger partial charge in [-0.2, -0.15) is 0 Å². The molecule has 10 rings (SSSR count). The molecule has 0 aliphatic rings. The van der Waals surface area contributed by atoms with Crippen molar-refractivity contribution in [3.05, 3.63) is 214 Å². The Morgan fingerprint density at radius 1 is 0.549 bits per heavy atom. The SMILES string of the molecule is CC(=O)Oc1c(Cc2cc(C)c(C(C)C)o2)nc2c(Cc3ccccc3)nc(-c3ccccc3)cn12.CCc1cc(Cc2nc3c(Cc4ccccc4)nc(-c4ccccc4)cn3c2OC(C)=O)oc1C. The molecule has 0 fully saturated rings. The number of imidazole rings is 2. The van der Waals surface area contributed by atoms with Crippen LogP contribution in [0.4, 0.5) is 0 Å². The fourth-order valence-electron chi connectivity index (χ4n) is 8.88. The van der Waals surface area contributed by atoms with Gasteiger partial charge in [-0.15, -0.1) is 0 Å². The quantitative estimate of drug-likeness (QED) is 0.0968. The number of fused-ring (bicyclic) bond motifs is 2. The van der Waals surface area contributed by atoms with Gasteiger partial charge in [0.1, 0.15) is 34.4 Å². The van der Waals surface area contributed by atoms with E-state index in [1.165, 1.54) is 13.8 Å². The Morgan fingerprint density at radius 3 is 1.35 bits per heavy atom. The number of aromatic nitrogens is 6. The molecule has 4 aromatic carbocycles. The highest BCUT2D eigenvalue weighted by Gasteiger charge is 2.24. The van der Waals surface area contributed by atoms with E-state index < -0.39 is 11.9 Å². The summed E-state index contributed by atoms with van der Waals surface area (Å²) in [5, 5.41) is 0. The summed E-state index contributed by atoms with van der Waals surface area (Å²) in [6, 6.07) is 44.4. The first-order valence-electron chi connectivity index (χ1n) is 23.9. The molecule has 0 aliphatic carbocycles. The maximum absolute atomic E-state index is 12.1. The second-order valence-electron chi connectivity index (χ2n) is 17.9. The first kappa shape index (κ1) is 47.7. The summed E-state index contributed by atoms with van der Waals surface area (Å²) in [6.45, 7) is 13.1. The minimum atomic E-state index is -0.403. The van der Waals surface area contributed by atoms with Crippen LogP contribution >= 0.6 is 0 Å². The lowest BCUT2D eigenvalue weighted by molar-refractivity contribution is -0.133. The van der Waals surface area contributed by atoms with E-state index in [1.807, 2.05) is 138 Å². The van der Waals surface area contributed by atoms with Crippen LogP contribution in [0.1, 0.15) is 109 Å². The van der Waals surface area contributed by atoms with E-state index in [0.717, 1.165) is 85.6 Å². The number of rotatable bonds is 14. The standard InChI is InChI=1S/C30H29N3O3.C29H27N3O3/c1-19(2)28-20(3)15-24(36-28)17-26-30(35-21(4)34)33-18-27(23-13-9-6-10-14-23)31-25(29(33)32-26)16-22-11-7-5-8-12-22;1-4-22-16-24(34-19(22)2)17-26-29(35-20(3)33)32-18-27(23-13-9-6-10-14-23)30-25(28(32)31-26)15-21-11-7-5-8-12-21/h5-15,18-19H,16-17H2,1-4H3;5-14,16,18H,4,15,17H2,1-3H3. The lowest BCUT2D eigenvalue weighted by Crippen LogP contribution is -2.07. The number of carbonyl (C=O) groups is 2. The van der Waals surface area contributed by atoms with Gasteiger partial charge in [0.05, 0.1) is 35.6 Å². The summed E-state index contributed by atoms with van der Waals surface area (Å²) in [4.78, 5) is 44.1. The Morgan fingerprint density at radius 2 is 0.972 bits per heavy atom. The van der Waals surface area contributed by atoms with Crippen molar-refractivity contribution in [1.82, 2.24) is 28.7 Å². The molecule has 0 aliphatic heterocycles. The van der Waals surface area contributed by atoms with Crippen molar-refractivity contribution in [2.75, 3.05) is 0 Å². The smallest absolute Gasteiger partial charge is 0.309 e. The van der Waals surface area contributed by atoms with Gasteiger partial charge in [-0.25, -0.2) is 19.9 Å². The Hall–Kier alpha value is -8.38. The van der Waals surface area contributed by atoms with E-state index in [-0.39, 0.29) is 5.92 Å². The molecule has 0 N–H and O–H groups in total. The van der Waals surface area contributed by atoms with Gasteiger partial charge in [0.25, 0.3) is 0 Å². The number of hydrogen-bond donors (Lipinski definition) is 0. The molecule has 0 bridgehead atoms. The molecule has 0 atom stereocenters. The van der Waals surface area contributed by atoms with E-state index in [0.29, 0.717) is 60.1 Å². The van der Waals surface area contributed by atoms with E-state index >= 15 is 0 Å². The van der Waals surface area contributed by atoms with Gasteiger partial charge in [-0.1, -0.05) is 142 Å². The van der Waals surface area contributed by atoms with Crippen molar-refractivity contribution in [2.24, 2.45) is 0 Å². The highest BCUT2D eigenvalue weighted by molar-refractivity contribution is 5.72. The molecule has 6 heterocycles. The van der Waals surface area contributed by atoms with Crippen molar-refractivity contribution >= 4 is 23.2 Å². The van der Waals surface area contributed by atoms with Crippen LogP contribution < -0.4 is 9.47 Å². The lowest BCUT2D eigenvalue weighted by atomic mass is 10.1. The predicted molar refractivity (Wildman–Crippen MR) is 274 cm³/mol. The average molecular weight is 945 g/mol. The Kier molecular flexibility index (Phi) is 14.2. The van der Waals surface area contributed by atoms with E-state index in [4.69, 9.17) is 38.2 Å². The number of nitrogens with zero attached hydrogens (tertiary/aromatic N) is 6. The Balaban J connectivity index is 0.000000176. The van der Waals surface area contributed by atoms with Gasteiger partial charge in [0, 0.05) is 56.1 Å². The van der Waals surface area contributed by atoms with Gasteiger partial charge in [-0.3, -0.25) is 18.4 Å². The van der Waals surface area contributed by atoms with Crippen molar-refractivity contribution in [3.63, 3.8) is 0 Å². The molecular weight excluding hydrogens is 889 g/mol. The maximum atomic E-state index is 12.1. The lowest BCUT2D eigenvalue weighted by Gasteiger charge is -2.10. The van der Waals surface area contributed by atoms with Crippen molar-refractivity contribution in [3.8, 4) is 34.3 Å². The molecule has 0 unspecified atom stereocenters. The number of ether oxygens (including phenoxy) is 2. The third-order valence-electron chi connectivity index (χ3n) is 12.1. The number of benzene rings is 4. The van der Waals surface area contributed by atoms with Crippen LogP contribution in [0.3, 0.4) is 0 Å². The molecular formula is C59H56N6O6. The zero-order chi connectivity index (χ0) is 49.6. The van der Waals surface area contributed by atoms with Crippen LogP contribution in [0.5, 0.6) is 11.8 Å². The monoisotopic (exact) mass is 944 g/mol. The highest BCUT2D eigenvalue weighted by atomic mass is 16.5. The highest BCUT2D eigenvalue weighted by Crippen LogP contribution is 2.33. The number of esters is 2. The molecule has 71 heavy (non-hydrogen) atoms. The first-order chi connectivity index (χ1) is 34.4. The molecule has 12 nitrogen and oxygen atoms in total. The molecule has 10 aromatic rings. The minimum absolute atomic E-state index is 0.280. The molecule has 0 saturated carbocycles. The van der Waals surface area contributed by atoms with Gasteiger partial charge in [0.2, 0.25) is 11.8 Å². The van der Waals surface area contributed by atoms with Crippen LogP contribution in [0.15, 0.2) is 155 Å². The number of hydrogen-bond acceptors (Lipinski definition) is 10. The predicted octanol–water partition coefficient (Wildman–Crippen LogP) is 12.5. The van der Waals surface area contributed by atoms with Crippen molar-refractivity contribution in [1.29, 1.82) is 0 Å². The second kappa shape index (κ2) is 21.1. The van der Waals surface area contributed by atoms with Gasteiger partial charge in [0.15, 0.2) is 11.3 Å². The van der Waals surface area contributed by atoms with Crippen molar-refractivity contribution < 1.29 is 27.9 Å². The van der Waals surface area contributed by atoms with Crippen LogP contribution in [-0.4, -0.2) is 40.7 Å². The molecule has 0 radical (unpaired) electrons. The molecule has 0 amide bonds. The summed E-state index contributed by atoms with van der Waals surface area (Å²) in [5.41, 5.74) is 12.2. The largest absolute Gasteiger partial charge is 0.466 e. The molecule has 358 valence electrons. The van der Waals surface area contributed by atoms with E-state index in [2.05, 4.69) is 51.1 Å². The van der Waals surface area contributed by atoms with Crippen molar-refractivity contribution in [2.45, 2.75) is 86.5 Å². The van der Waals surface area contributed by atoms with Gasteiger partial charge >= 0.3 is 11.9 Å². The second-order valence-corrected chi connectivity index (χ2v) is 17.9. The average Bonchev–Trinajstić information content (AvgIpc) is 4.12. The summed E-state index contributed by atoms with van der Waals surface area (Å²) < 4.78 is 27.3. The molecule has 12 heteroatoms. The number of aryl methyl sites for hydroxylation is 3. The van der Waals surface area contributed by atoms with Crippen LogP contribution in [0, 0.1) is 13.8 Å². The summed E-state index contributed by atoms with van der Waals surface area (Å²) in [6.07, 6.45) is 6.68. The van der Waals surface area contributed by atoms with Crippen LogP contribution in [0.2, 0.25) is 0 Å². The summed E-state index contributed by atoms with van der Waals surface area (Å²) in [7, 11) is 0.